The molecule has 88 valence electrons. The molecule has 2 aromatic heterocycles. The zero-order chi connectivity index (χ0) is 12.5. The average Bonchev–Trinajstić information content (AvgIpc) is 2.88. The Balaban J connectivity index is 2.10. The Bertz CT molecular complexity index is 736. The van der Waals surface area contributed by atoms with Crippen molar-refractivity contribution in [3.63, 3.8) is 0 Å². The first-order valence-electron chi connectivity index (χ1n) is 5.25. The highest BCUT2D eigenvalue weighted by Gasteiger charge is 2.09. The number of fused-ring (bicyclic) bond motifs is 1. The molecule has 18 heavy (non-hydrogen) atoms. The number of hydrogen-bond donors (Lipinski definition) is 1. The van der Waals surface area contributed by atoms with Gasteiger partial charge in [0, 0.05) is 17.8 Å². The van der Waals surface area contributed by atoms with Gasteiger partial charge in [-0.3, -0.25) is 0 Å². The van der Waals surface area contributed by atoms with Gasteiger partial charge in [0.25, 0.3) is 5.95 Å². The quantitative estimate of drug-likeness (QED) is 0.734. The summed E-state index contributed by atoms with van der Waals surface area (Å²) in [6.07, 6.45) is 3.20. The lowest BCUT2D eigenvalue weighted by Crippen LogP contribution is -2.04. The maximum absolute atomic E-state index is 10.7. The molecule has 0 bridgehead atoms. The second-order valence-electron chi connectivity index (χ2n) is 3.68. The highest BCUT2D eigenvalue weighted by molar-refractivity contribution is 5.85. The summed E-state index contributed by atoms with van der Waals surface area (Å²) in [5.41, 5.74) is 0.752. The van der Waals surface area contributed by atoms with Crippen molar-refractivity contribution in [3.05, 3.63) is 48.4 Å². The molecule has 0 aliphatic rings. The molecule has 6 nitrogen and oxygen atoms in total. The Morgan fingerprint density at radius 1 is 1.22 bits per heavy atom. The molecule has 0 saturated carbocycles. The van der Waals surface area contributed by atoms with Crippen LogP contribution in [-0.2, 0) is 0 Å². The highest BCUT2D eigenvalue weighted by atomic mass is 16.4. The number of para-hydroxylation sites is 1. The molecule has 0 fully saturated rings. The van der Waals surface area contributed by atoms with E-state index in [-0.39, 0.29) is 5.69 Å². The van der Waals surface area contributed by atoms with Crippen LogP contribution < -0.4 is 0 Å². The van der Waals surface area contributed by atoms with Gasteiger partial charge < -0.3 is 5.11 Å². The summed E-state index contributed by atoms with van der Waals surface area (Å²) >= 11 is 0. The second kappa shape index (κ2) is 3.92. The van der Waals surface area contributed by atoms with Crippen LogP contribution >= 0.6 is 0 Å². The molecule has 0 aliphatic heterocycles. The Kier molecular flexibility index (Phi) is 2.26. The molecular formula is C12H8N4O2. The lowest BCUT2D eigenvalue weighted by Gasteiger charge is -2.00. The van der Waals surface area contributed by atoms with Crippen molar-refractivity contribution < 1.29 is 9.90 Å². The lowest BCUT2D eigenvalue weighted by molar-refractivity contribution is 0.0690. The molecule has 0 atom stereocenters. The standard InChI is InChI=1S/C12H8N4O2/c17-11(18)10-5-6-16(15-10)12-13-7-8-3-1-2-4-9(8)14-12/h1-7H,(H,17,18). The first-order chi connectivity index (χ1) is 8.74. The summed E-state index contributed by atoms with van der Waals surface area (Å²) in [6.45, 7) is 0. The molecule has 1 aromatic carbocycles. The first-order valence-corrected chi connectivity index (χ1v) is 5.25. The third-order valence-electron chi connectivity index (χ3n) is 2.49. The van der Waals surface area contributed by atoms with Crippen LogP contribution in [0.1, 0.15) is 10.5 Å². The van der Waals surface area contributed by atoms with Crippen molar-refractivity contribution in [1.82, 2.24) is 19.7 Å². The number of carboxylic acid groups (broad SMARTS) is 1. The van der Waals surface area contributed by atoms with Crippen molar-refractivity contribution in [2.24, 2.45) is 0 Å². The number of hydrogen-bond acceptors (Lipinski definition) is 4. The highest BCUT2D eigenvalue weighted by Crippen LogP contribution is 2.11. The number of nitrogens with zero attached hydrogens (tertiary/aromatic N) is 4. The van der Waals surface area contributed by atoms with Gasteiger partial charge in [-0.15, -0.1) is 0 Å². The minimum atomic E-state index is -1.07. The maximum Gasteiger partial charge on any atom is 0.356 e. The summed E-state index contributed by atoms with van der Waals surface area (Å²) in [7, 11) is 0. The van der Waals surface area contributed by atoms with Gasteiger partial charge in [-0.2, -0.15) is 5.10 Å². The number of carboxylic acids is 1. The Labute approximate surface area is 102 Å². The van der Waals surface area contributed by atoms with Gasteiger partial charge in [0.1, 0.15) is 0 Å². The Morgan fingerprint density at radius 3 is 2.83 bits per heavy atom. The van der Waals surface area contributed by atoms with E-state index in [1.54, 1.807) is 6.20 Å². The van der Waals surface area contributed by atoms with Gasteiger partial charge in [0.05, 0.1) is 5.52 Å². The minimum absolute atomic E-state index is 0.0354. The summed E-state index contributed by atoms with van der Waals surface area (Å²) in [6, 6.07) is 8.96. The molecule has 2 heterocycles. The molecule has 0 aliphatic carbocycles. The first kappa shape index (κ1) is 10.4. The molecular weight excluding hydrogens is 232 g/mol. The van der Waals surface area contributed by atoms with Gasteiger partial charge in [-0.25, -0.2) is 19.4 Å². The zero-order valence-corrected chi connectivity index (χ0v) is 9.19. The van der Waals surface area contributed by atoms with Gasteiger partial charge in [0.15, 0.2) is 5.69 Å². The van der Waals surface area contributed by atoms with Crippen molar-refractivity contribution in [1.29, 1.82) is 0 Å². The molecule has 0 radical (unpaired) electrons. The summed E-state index contributed by atoms with van der Waals surface area (Å²) in [4.78, 5) is 19.2. The van der Waals surface area contributed by atoms with E-state index < -0.39 is 5.97 Å². The third-order valence-corrected chi connectivity index (χ3v) is 2.49. The summed E-state index contributed by atoms with van der Waals surface area (Å²) < 4.78 is 1.34. The van der Waals surface area contributed by atoms with Crippen LogP contribution in [0.2, 0.25) is 0 Å². The van der Waals surface area contributed by atoms with Crippen LogP contribution in [-0.4, -0.2) is 30.8 Å². The van der Waals surface area contributed by atoms with Crippen molar-refractivity contribution >= 4 is 16.9 Å². The van der Waals surface area contributed by atoms with Crippen LogP contribution in [0.4, 0.5) is 0 Å². The number of aromatic nitrogens is 4. The molecule has 1 N–H and O–H groups in total. The van der Waals surface area contributed by atoms with Crippen molar-refractivity contribution in [2.75, 3.05) is 0 Å². The average molecular weight is 240 g/mol. The molecule has 3 aromatic rings. The van der Waals surface area contributed by atoms with Crippen LogP contribution in [0, 0.1) is 0 Å². The lowest BCUT2D eigenvalue weighted by atomic mass is 10.2. The fraction of sp³-hybridized carbons (Fsp3) is 0. The van der Waals surface area contributed by atoms with Crippen LogP contribution in [0.25, 0.3) is 16.9 Å². The van der Waals surface area contributed by atoms with Crippen LogP contribution in [0.15, 0.2) is 42.7 Å². The zero-order valence-electron chi connectivity index (χ0n) is 9.19. The van der Waals surface area contributed by atoms with Crippen LogP contribution in [0.3, 0.4) is 0 Å². The molecule has 0 saturated heterocycles. The number of carbonyl (C=O) groups is 1. The fourth-order valence-corrected chi connectivity index (χ4v) is 1.62. The molecule has 6 heteroatoms. The minimum Gasteiger partial charge on any atom is -0.476 e. The van der Waals surface area contributed by atoms with E-state index >= 15 is 0 Å². The summed E-state index contributed by atoms with van der Waals surface area (Å²) in [5, 5.41) is 13.6. The monoisotopic (exact) mass is 240 g/mol. The van der Waals surface area contributed by atoms with E-state index in [4.69, 9.17) is 5.11 Å². The smallest absolute Gasteiger partial charge is 0.356 e. The summed E-state index contributed by atoms with van der Waals surface area (Å²) in [5.74, 6) is -0.726. The van der Waals surface area contributed by atoms with E-state index in [9.17, 15) is 4.79 Å². The van der Waals surface area contributed by atoms with Crippen molar-refractivity contribution in [3.8, 4) is 5.95 Å². The van der Waals surface area contributed by atoms with Gasteiger partial charge in [0.2, 0.25) is 0 Å². The van der Waals surface area contributed by atoms with E-state index in [2.05, 4.69) is 15.1 Å². The SMILES string of the molecule is O=C(O)c1ccn(-c2ncc3ccccc3n2)n1. The van der Waals surface area contributed by atoms with E-state index in [1.807, 2.05) is 24.3 Å². The number of aromatic carboxylic acids is 1. The Hall–Kier alpha value is -2.76. The molecule has 0 unspecified atom stereocenters. The van der Waals surface area contributed by atoms with Gasteiger partial charge in [-0.05, 0) is 12.1 Å². The van der Waals surface area contributed by atoms with Gasteiger partial charge in [-0.1, -0.05) is 18.2 Å². The second-order valence-corrected chi connectivity index (χ2v) is 3.68. The largest absolute Gasteiger partial charge is 0.476 e. The van der Waals surface area contributed by atoms with E-state index in [0.29, 0.717) is 5.95 Å². The molecule has 3 rings (SSSR count). The number of rotatable bonds is 2. The predicted molar refractivity (Wildman–Crippen MR) is 63.6 cm³/mol. The van der Waals surface area contributed by atoms with E-state index in [1.165, 1.54) is 16.9 Å². The van der Waals surface area contributed by atoms with Crippen LogP contribution in [0.5, 0.6) is 0 Å². The number of benzene rings is 1. The van der Waals surface area contributed by atoms with E-state index in [0.717, 1.165) is 10.9 Å². The maximum atomic E-state index is 10.7. The normalized spacial score (nSPS) is 10.7. The van der Waals surface area contributed by atoms with Gasteiger partial charge >= 0.3 is 5.97 Å². The molecule has 0 amide bonds. The predicted octanol–water partition coefficient (Wildman–Crippen LogP) is 1.51. The van der Waals surface area contributed by atoms with Crippen molar-refractivity contribution in [2.45, 2.75) is 0 Å². The third kappa shape index (κ3) is 1.69. The fourth-order valence-electron chi connectivity index (χ4n) is 1.62. The molecule has 0 spiro atoms. The Morgan fingerprint density at radius 2 is 2.06 bits per heavy atom. The topological polar surface area (TPSA) is 80.9 Å².